The van der Waals surface area contributed by atoms with E-state index in [0.717, 1.165) is 32.7 Å². The van der Waals surface area contributed by atoms with E-state index in [1.807, 2.05) is 41.8 Å². The summed E-state index contributed by atoms with van der Waals surface area (Å²) >= 11 is 3.25. The van der Waals surface area contributed by atoms with Crippen molar-refractivity contribution in [2.75, 3.05) is 12.8 Å². The van der Waals surface area contributed by atoms with Crippen molar-refractivity contribution in [3.63, 3.8) is 0 Å². The summed E-state index contributed by atoms with van der Waals surface area (Å²) in [4.78, 5) is 2.06. The van der Waals surface area contributed by atoms with Crippen molar-refractivity contribution in [2.45, 2.75) is 10.6 Å². The van der Waals surface area contributed by atoms with Gasteiger partial charge in [0.15, 0.2) is 5.76 Å². The maximum atomic E-state index is 5.97. The first-order valence-corrected chi connectivity index (χ1v) is 8.18. The normalized spacial score (nSPS) is 10.7. The lowest BCUT2D eigenvalue weighted by Crippen LogP contribution is -1.91. The zero-order valence-corrected chi connectivity index (χ0v) is 13.0. The molecule has 21 heavy (non-hydrogen) atoms. The number of hydrogen-bond donors (Lipinski definition) is 1. The Hall–Kier alpha value is -1.92. The van der Waals surface area contributed by atoms with Gasteiger partial charge < -0.3 is 15.0 Å². The van der Waals surface area contributed by atoms with Crippen molar-refractivity contribution in [3.05, 3.63) is 47.5 Å². The van der Waals surface area contributed by atoms with Crippen molar-refractivity contribution >= 4 is 28.8 Å². The number of rotatable bonds is 5. The lowest BCUT2D eigenvalue weighted by molar-refractivity contribution is 0.414. The van der Waals surface area contributed by atoms with Gasteiger partial charge in [-0.1, -0.05) is 11.2 Å². The zero-order valence-electron chi connectivity index (χ0n) is 11.4. The summed E-state index contributed by atoms with van der Waals surface area (Å²) in [5.74, 6) is 2.30. The Bertz CT molecular complexity index is 723. The molecule has 3 rings (SSSR count). The molecular formula is C15H14N2O2S2. The number of thioether (sulfide) groups is 1. The van der Waals surface area contributed by atoms with Gasteiger partial charge in [-0.3, -0.25) is 0 Å². The van der Waals surface area contributed by atoms with E-state index < -0.39 is 0 Å². The lowest BCUT2D eigenvalue weighted by atomic mass is 10.3. The number of anilines is 1. The summed E-state index contributed by atoms with van der Waals surface area (Å²) in [6, 6.07) is 11.6. The van der Waals surface area contributed by atoms with Gasteiger partial charge in [0.05, 0.1) is 17.7 Å². The molecule has 0 bridgehead atoms. The van der Waals surface area contributed by atoms with Crippen LogP contribution < -0.4 is 10.5 Å². The van der Waals surface area contributed by atoms with Crippen LogP contribution in [0.25, 0.3) is 10.6 Å². The van der Waals surface area contributed by atoms with Gasteiger partial charge >= 0.3 is 0 Å². The monoisotopic (exact) mass is 318 g/mol. The highest BCUT2D eigenvalue weighted by molar-refractivity contribution is 7.98. The number of aromatic nitrogens is 1. The minimum absolute atomic E-state index is 0.701. The number of benzene rings is 1. The molecule has 1 aromatic carbocycles. The number of thiophene rings is 1. The van der Waals surface area contributed by atoms with Crippen LogP contribution in [-0.2, 0) is 5.75 Å². The molecule has 0 aliphatic carbocycles. The summed E-state index contributed by atoms with van der Waals surface area (Å²) in [5.41, 5.74) is 7.60. The van der Waals surface area contributed by atoms with E-state index in [1.165, 1.54) is 0 Å². The second-order valence-corrected chi connectivity index (χ2v) is 6.32. The Labute approximate surface area is 130 Å². The Kier molecular flexibility index (Phi) is 4.17. The summed E-state index contributed by atoms with van der Waals surface area (Å²) in [7, 11) is 1.64. The summed E-state index contributed by atoms with van der Waals surface area (Å²) in [5, 5.41) is 6.12. The van der Waals surface area contributed by atoms with E-state index in [0.29, 0.717) is 5.75 Å². The molecule has 0 unspecified atom stereocenters. The summed E-state index contributed by atoms with van der Waals surface area (Å²) in [6.45, 7) is 0. The van der Waals surface area contributed by atoms with E-state index in [-0.39, 0.29) is 0 Å². The van der Waals surface area contributed by atoms with E-state index in [9.17, 15) is 0 Å². The number of methoxy groups -OCH3 is 1. The predicted molar refractivity (Wildman–Crippen MR) is 86.8 cm³/mol. The third kappa shape index (κ3) is 3.22. The maximum Gasteiger partial charge on any atom is 0.177 e. The molecule has 0 amide bonds. The maximum absolute atomic E-state index is 5.97. The summed E-state index contributed by atoms with van der Waals surface area (Å²) < 4.78 is 10.6. The predicted octanol–water partition coefficient (Wildman–Crippen LogP) is 4.29. The minimum Gasteiger partial charge on any atom is -0.497 e. The Balaban J connectivity index is 1.71. The van der Waals surface area contributed by atoms with Crippen molar-refractivity contribution in [1.29, 1.82) is 0 Å². The van der Waals surface area contributed by atoms with Gasteiger partial charge in [-0.15, -0.1) is 23.1 Å². The molecular weight excluding hydrogens is 304 g/mol. The molecule has 0 saturated carbocycles. The van der Waals surface area contributed by atoms with Crippen LogP contribution in [0.5, 0.6) is 5.75 Å². The fourth-order valence-electron chi connectivity index (χ4n) is 1.83. The highest BCUT2D eigenvalue weighted by Gasteiger charge is 2.09. The number of nitrogens with two attached hydrogens (primary N) is 1. The molecule has 0 fully saturated rings. The van der Waals surface area contributed by atoms with Crippen molar-refractivity contribution in [3.8, 4) is 16.4 Å². The van der Waals surface area contributed by atoms with Crippen molar-refractivity contribution in [1.82, 2.24) is 5.16 Å². The van der Waals surface area contributed by atoms with Gasteiger partial charge in [0, 0.05) is 22.4 Å². The molecule has 108 valence electrons. The Morgan fingerprint density at radius 2 is 2.24 bits per heavy atom. The molecule has 0 aliphatic heterocycles. The van der Waals surface area contributed by atoms with Crippen LogP contribution in [0.2, 0.25) is 0 Å². The van der Waals surface area contributed by atoms with Crippen LogP contribution >= 0.6 is 23.1 Å². The van der Waals surface area contributed by atoms with E-state index >= 15 is 0 Å². The molecule has 0 saturated heterocycles. The van der Waals surface area contributed by atoms with Crippen LogP contribution in [-0.4, -0.2) is 12.3 Å². The van der Waals surface area contributed by atoms with Crippen LogP contribution in [0, 0.1) is 0 Å². The van der Waals surface area contributed by atoms with Crippen LogP contribution in [0.1, 0.15) is 5.69 Å². The molecule has 2 N–H and O–H groups in total. The molecule has 0 aliphatic rings. The highest BCUT2D eigenvalue weighted by atomic mass is 32.2. The molecule has 0 radical (unpaired) electrons. The van der Waals surface area contributed by atoms with Crippen molar-refractivity contribution < 1.29 is 9.26 Å². The third-order valence-electron chi connectivity index (χ3n) is 2.92. The van der Waals surface area contributed by atoms with Gasteiger partial charge in [-0.05, 0) is 29.6 Å². The number of ether oxygens (including phenoxy) is 1. The van der Waals surface area contributed by atoms with Gasteiger partial charge in [-0.25, -0.2) is 0 Å². The van der Waals surface area contributed by atoms with Crippen LogP contribution in [0.15, 0.2) is 51.2 Å². The van der Waals surface area contributed by atoms with Gasteiger partial charge in [0.25, 0.3) is 0 Å². The average Bonchev–Trinajstić information content (AvgIpc) is 3.17. The number of nitrogens with zero attached hydrogens (tertiary/aromatic N) is 1. The lowest BCUT2D eigenvalue weighted by Gasteiger charge is -2.06. The second kappa shape index (κ2) is 6.24. The Morgan fingerprint density at radius 1 is 1.33 bits per heavy atom. The standard InChI is InChI=1S/C15H14N2O2S2/c1-18-11-4-5-12(16)15(8-11)21-9-10-7-13(19-17-10)14-3-2-6-20-14/h2-8H,9,16H2,1H3. The van der Waals surface area contributed by atoms with Gasteiger partial charge in [-0.2, -0.15) is 0 Å². The topological polar surface area (TPSA) is 61.3 Å². The van der Waals surface area contributed by atoms with Crippen LogP contribution in [0.3, 0.4) is 0 Å². The zero-order chi connectivity index (χ0) is 14.7. The van der Waals surface area contributed by atoms with Crippen molar-refractivity contribution in [2.24, 2.45) is 0 Å². The molecule has 2 aromatic heterocycles. The molecule has 4 nitrogen and oxygen atoms in total. The quantitative estimate of drug-likeness (QED) is 0.562. The third-order valence-corrected chi connectivity index (χ3v) is 4.91. The fourth-order valence-corrected chi connectivity index (χ4v) is 3.38. The summed E-state index contributed by atoms with van der Waals surface area (Å²) in [6.07, 6.45) is 0. The fraction of sp³-hybridized carbons (Fsp3) is 0.133. The number of hydrogen-bond acceptors (Lipinski definition) is 6. The van der Waals surface area contributed by atoms with E-state index in [1.54, 1.807) is 30.2 Å². The molecule has 0 spiro atoms. The number of nitrogen functional groups attached to an aromatic ring is 1. The first-order chi connectivity index (χ1) is 10.3. The van der Waals surface area contributed by atoms with Gasteiger partial charge in [0.2, 0.25) is 0 Å². The van der Waals surface area contributed by atoms with E-state index in [2.05, 4.69) is 5.16 Å². The highest BCUT2D eigenvalue weighted by Crippen LogP contribution is 2.32. The average molecular weight is 318 g/mol. The molecule has 6 heteroatoms. The van der Waals surface area contributed by atoms with E-state index in [4.69, 9.17) is 15.0 Å². The molecule has 3 aromatic rings. The Morgan fingerprint density at radius 3 is 3.00 bits per heavy atom. The first-order valence-electron chi connectivity index (χ1n) is 6.32. The smallest absolute Gasteiger partial charge is 0.177 e. The minimum atomic E-state index is 0.701. The molecule has 0 atom stereocenters. The first kappa shape index (κ1) is 14.0. The molecule has 2 heterocycles. The second-order valence-electron chi connectivity index (χ2n) is 4.35. The van der Waals surface area contributed by atoms with Gasteiger partial charge in [0.1, 0.15) is 5.75 Å². The van der Waals surface area contributed by atoms with Crippen LogP contribution in [0.4, 0.5) is 5.69 Å². The largest absolute Gasteiger partial charge is 0.497 e. The SMILES string of the molecule is COc1ccc(N)c(SCc2cc(-c3cccs3)on2)c1.